The van der Waals surface area contributed by atoms with Crippen LogP contribution in [0.2, 0.25) is 0 Å². The summed E-state index contributed by atoms with van der Waals surface area (Å²) in [6, 6.07) is 6.98. The fourth-order valence-corrected chi connectivity index (χ4v) is 2.06. The van der Waals surface area contributed by atoms with Crippen LogP contribution in [0.1, 0.15) is 5.56 Å². The molecule has 1 amide bonds. The third-order valence-corrected chi connectivity index (χ3v) is 3.28. The first-order valence-corrected chi connectivity index (χ1v) is 6.67. The van der Waals surface area contributed by atoms with Crippen molar-refractivity contribution < 1.29 is 37.3 Å². The van der Waals surface area contributed by atoms with Crippen molar-refractivity contribution in [2.75, 3.05) is 13.2 Å². The molecule has 0 radical (unpaired) electrons. The van der Waals surface area contributed by atoms with Gasteiger partial charge in [0, 0.05) is 0 Å². The molecule has 0 bridgehead atoms. The van der Waals surface area contributed by atoms with Crippen LogP contribution in [0.3, 0.4) is 0 Å². The zero-order chi connectivity index (χ0) is 17.0. The molecule has 1 saturated heterocycles. The van der Waals surface area contributed by atoms with E-state index in [-0.39, 0.29) is 6.61 Å². The molecule has 1 aliphatic rings. The van der Waals surface area contributed by atoms with Crippen LogP contribution >= 0.6 is 0 Å². The van der Waals surface area contributed by atoms with E-state index in [2.05, 4.69) is 4.74 Å². The van der Waals surface area contributed by atoms with Crippen molar-refractivity contribution >= 4 is 12.1 Å². The molecule has 0 unspecified atom stereocenters. The molecule has 1 aliphatic heterocycles. The molecule has 2 atom stereocenters. The predicted octanol–water partition coefficient (Wildman–Crippen LogP) is 2.04. The van der Waals surface area contributed by atoms with Gasteiger partial charge in [-0.25, -0.2) is 9.59 Å². The first kappa shape index (κ1) is 17.1. The van der Waals surface area contributed by atoms with Gasteiger partial charge in [0.2, 0.25) is 0 Å². The van der Waals surface area contributed by atoms with E-state index in [4.69, 9.17) is 9.84 Å². The first-order chi connectivity index (χ1) is 10.8. The summed E-state index contributed by atoms with van der Waals surface area (Å²) in [5.41, 5.74) is 0.633. The number of ether oxygens (including phenoxy) is 2. The third-order valence-electron chi connectivity index (χ3n) is 3.28. The number of hydrogen-bond acceptors (Lipinski definition) is 4. The molecular formula is C14H14F3NO5. The molecule has 0 spiro atoms. The number of halogens is 3. The lowest BCUT2D eigenvalue weighted by molar-refractivity contribution is -0.242. The van der Waals surface area contributed by atoms with E-state index in [1.807, 2.05) is 0 Å². The molecule has 0 aliphatic carbocycles. The van der Waals surface area contributed by atoms with Crippen LogP contribution in [0.15, 0.2) is 30.3 Å². The highest BCUT2D eigenvalue weighted by Gasteiger charge is 2.48. The number of carboxylic acids is 1. The van der Waals surface area contributed by atoms with E-state index < -0.39 is 43.5 Å². The first-order valence-electron chi connectivity index (χ1n) is 6.67. The molecule has 126 valence electrons. The lowest BCUT2D eigenvalue weighted by atomic mass is 10.2. The number of nitrogens with zero attached hydrogens (tertiary/aromatic N) is 1. The molecule has 0 aromatic heterocycles. The summed E-state index contributed by atoms with van der Waals surface area (Å²) in [6.45, 7) is -1.84. The Balaban J connectivity index is 2.05. The van der Waals surface area contributed by atoms with Crippen LogP contribution in [0.5, 0.6) is 0 Å². The summed E-state index contributed by atoms with van der Waals surface area (Å²) >= 11 is 0. The van der Waals surface area contributed by atoms with Gasteiger partial charge in [-0.2, -0.15) is 13.2 Å². The number of morpholine rings is 1. The van der Waals surface area contributed by atoms with Crippen molar-refractivity contribution in [3.8, 4) is 0 Å². The molecule has 0 saturated carbocycles. The molecule has 1 fully saturated rings. The van der Waals surface area contributed by atoms with Crippen LogP contribution in [-0.4, -0.2) is 53.5 Å². The van der Waals surface area contributed by atoms with E-state index in [1.165, 1.54) is 0 Å². The van der Waals surface area contributed by atoms with Gasteiger partial charge in [-0.15, -0.1) is 0 Å². The van der Waals surface area contributed by atoms with Crippen LogP contribution in [0, 0.1) is 0 Å². The van der Waals surface area contributed by atoms with Crippen molar-refractivity contribution in [1.29, 1.82) is 0 Å². The summed E-state index contributed by atoms with van der Waals surface area (Å²) in [4.78, 5) is 23.6. The van der Waals surface area contributed by atoms with Crippen LogP contribution in [0.4, 0.5) is 18.0 Å². The zero-order valence-corrected chi connectivity index (χ0v) is 11.8. The molecule has 1 aromatic rings. The van der Waals surface area contributed by atoms with Gasteiger partial charge in [0.15, 0.2) is 12.1 Å². The molecule has 23 heavy (non-hydrogen) atoms. The summed E-state index contributed by atoms with van der Waals surface area (Å²) in [7, 11) is 0. The number of hydrogen-bond donors (Lipinski definition) is 1. The number of aliphatic carboxylic acids is 1. The number of carbonyl (C=O) groups is 2. The van der Waals surface area contributed by atoms with E-state index in [1.54, 1.807) is 30.3 Å². The van der Waals surface area contributed by atoms with Gasteiger partial charge in [-0.1, -0.05) is 30.3 Å². The molecule has 6 nitrogen and oxygen atoms in total. The summed E-state index contributed by atoms with van der Waals surface area (Å²) in [5, 5.41) is 9.02. The summed E-state index contributed by atoms with van der Waals surface area (Å²) in [5.74, 6) is -1.46. The number of amides is 1. The quantitative estimate of drug-likeness (QED) is 0.916. The second-order valence-corrected chi connectivity index (χ2v) is 4.91. The van der Waals surface area contributed by atoms with Crippen LogP contribution < -0.4 is 0 Å². The van der Waals surface area contributed by atoms with Gasteiger partial charge in [-0.3, -0.25) is 4.90 Å². The third kappa shape index (κ3) is 4.35. The van der Waals surface area contributed by atoms with Gasteiger partial charge in [0.1, 0.15) is 6.61 Å². The summed E-state index contributed by atoms with van der Waals surface area (Å²) in [6.07, 6.45) is -8.05. The molecule has 2 rings (SSSR count). The van der Waals surface area contributed by atoms with E-state index in [9.17, 15) is 22.8 Å². The average Bonchev–Trinajstić information content (AvgIpc) is 2.52. The Hall–Kier alpha value is -2.29. The highest BCUT2D eigenvalue weighted by molar-refractivity contribution is 5.80. The maximum atomic E-state index is 12.7. The Morgan fingerprint density at radius 3 is 2.52 bits per heavy atom. The Morgan fingerprint density at radius 1 is 1.30 bits per heavy atom. The fourth-order valence-electron chi connectivity index (χ4n) is 2.06. The predicted molar refractivity (Wildman–Crippen MR) is 70.6 cm³/mol. The van der Waals surface area contributed by atoms with E-state index in [0.29, 0.717) is 10.5 Å². The van der Waals surface area contributed by atoms with Gasteiger partial charge in [-0.05, 0) is 5.56 Å². The standard InChI is InChI=1S/C14H14F3NO5/c15-14(16,17)11-6-18(10(8-22-11)12(19)20)13(21)23-7-9-4-2-1-3-5-9/h1-5,10-11H,6-8H2,(H,19,20)/t10-,11-/m0/s1. The minimum Gasteiger partial charge on any atom is -0.480 e. The highest BCUT2D eigenvalue weighted by atomic mass is 19.4. The lowest BCUT2D eigenvalue weighted by Gasteiger charge is -2.37. The molecule has 1 heterocycles. The van der Waals surface area contributed by atoms with Crippen molar-refractivity contribution in [3.05, 3.63) is 35.9 Å². The highest BCUT2D eigenvalue weighted by Crippen LogP contribution is 2.28. The van der Waals surface area contributed by atoms with Gasteiger partial charge >= 0.3 is 18.2 Å². The largest absolute Gasteiger partial charge is 0.480 e. The normalized spacial score (nSPS) is 21.8. The number of carbonyl (C=O) groups excluding carboxylic acids is 1. The fraction of sp³-hybridized carbons (Fsp3) is 0.429. The Kier molecular flexibility index (Phi) is 5.09. The smallest absolute Gasteiger partial charge is 0.416 e. The Morgan fingerprint density at radius 2 is 1.96 bits per heavy atom. The topological polar surface area (TPSA) is 76.1 Å². The van der Waals surface area contributed by atoms with E-state index >= 15 is 0 Å². The minimum atomic E-state index is -4.69. The Bertz CT molecular complexity index is 563. The Labute approximate surface area is 129 Å². The molecule has 9 heteroatoms. The molecular weight excluding hydrogens is 319 g/mol. The molecule has 1 N–H and O–H groups in total. The van der Waals surface area contributed by atoms with Gasteiger partial charge in [0.05, 0.1) is 13.2 Å². The molecule has 1 aromatic carbocycles. The van der Waals surface area contributed by atoms with E-state index in [0.717, 1.165) is 0 Å². The maximum Gasteiger partial charge on any atom is 0.416 e. The minimum absolute atomic E-state index is 0.167. The number of alkyl halides is 3. The summed E-state index contributed by atoms with van der Waals surface area (Å²) < 4.78 is 47.5. The lowest BCUT2D eigenvalue weighted by Crippen LogP contribution is -2.58. The van der Waals surface area contributed by atoms with Crippen molar-refractivity contribution in [2.24, 2.45) is 0 Å². The monoisotopic (exact) mass is 333 g/mol. The number of carboxylic acid groups (broad SMARTS) is 1. The van der Waals surface area contributed by atoms with Crippen LogP contribution in [-0.2, 0) is 20.9 Å². The van der Waals surface area contributed by atoms with Crippen LogP contribution in [0.25, 0.3) is 0 Å². The second kappa shape index (κ2) is 6.86. The maximum absolute atomic E-state index is 12.7. The van der Waals surface area contributed by atoms with Crippen molar-refractivity contribution in [2.45, 2.75) is 24.9 Å². The zero-order valence-electron chi connectivity index (χ0n) is 11.8. The average molecular weight is 333 g/mol. The second-order valence-electron chi connectivity index (χ2n) is 4.91. The van der Waals surface area contributed by atoms with Crippen molar-refractivity contribution in [1.82, 2.24) is 4.90 Å². The number of benzene rings is 1. The SMILES string of the molecule is O=C(O)[C@@H]1CO[C@H](C(F)(F)F)CN1C(=O)OCc1ccccc1. The van der Waals surface area contributed by atoms with Gasteiger partial charge in [0.25, 0.3) is 0 Å². The van der Waals surface area contributed by atoms with Gasteiger partial charge < -0.3 is 14.6 Å². The van der Waals surface area contributed by atoms with Crippen molar-refractivity contribution in [3.63, 3.8) is 0 Å². The number of rotatable bonds is 3.